The van der Waals surface area contributed by atoms with E-state index in [2.05, 4.69) is 9.88 Å². The van der Waals surface area contributed by atoms with Crippen LogP contribution in [0, 0.1) is 13.8 Å². The number of nitrogens with zero attached hydrogens (tertiary/aromatic N) is 2. The van der Waals surface area contributed by atoms with Crippen LogP contribution in [0.1, 0.15) is 11.5 Å². The van der Waals surface area contributed by atoms with Crippen LogP contribution in [0.3, 0.4) is 0 Å². The number of morpholine rings is 1. The van der Waals surface area contributed by atoms with Crippen molar-refractivity contribution in [3.63, 3.8) is 0 Å². The molecule has 8 nitrogen and oxygen atoms in total. The molecule has 1 fully saturated rings. The summed E-state index contributed by atoms with van der Waals surface area (Å²) in [4.78, 5) is 13.7. The van der Waals surface area contributed by atoms with Crippen molar-refractivity contribution in [3.8, 4) is 0 Å². The Morgan fingerprint density at radius 2 is 2.00 bits per heavy atom. The van der Waals surface area contributed by atoms with E-state index in [-0.39, 0.29) is 36.3 Å². The van der Waals surface area contributed by atoms with Gasteiger partial charge >= 0.3 is 0 Å². The molecular weight excluding hydrogens is 346 g/mol. The summed E-state index contributed by atoms with van der Waals surface area (Å²) in [5, 5.41) is 3.66. The number of rotatable bonds is 5. The summed E-state index contributed by atoms with van der Waals surface area (Å²) >= 11 is 0. The Kier molecular flexibility index (Phi) is 4.89. The maximum Gasteiger partial charge on any atom is 0.253 e. The van der Waals surface area contributed by atoms with Gasteiger partial charge in [0.1, 0.15) is 17.2 Å². The van der Waals surface area contributed by atoms with Crippen molar-refractivity contribution in [1.82, 2.24) is 9.88 Å². The second-order valence-electron chi connectivity index (χ2n) is 5.78. The van der Waals surface area contributed by atoms with Gasteiger partial charge in [0.25, 0.3) is 5.91 Å². The highest BCUT2D eigenvalue weighted by Gasteiger charge is 2.30. The third-order valence-electron chi connectivity index (χ3n) is 3.94. The zero-order valence-electron chi connectivity index (χ0n) is 13.9. The van der Waals surface area contributed by atoms with Crippen molar-refractivity contribution < 1.29 is 22.5 Å². The molecule has 2 aromatic rings. The van der Waals surface area contributed by atoms with Gasteiger partial charge in [-0.05, 0) is 26.0 Å². The summed E-state index contributed by atoms with van der Waals surface area (Å²) in [5.41, 5.74) is 1.06. The second-order valence-corrected chi connectivity index (χ2v) is 7.48. The minimum Gasteiger partial charge on any atom is -0.365 e. The number of hydrogen-bond acceptors (Lipinski definition) is 6. The standard InChI is InChI=1S/C16H19N3O5S/c1-11-16(12(2)24-18-11)25(21,22)17-8-14-9-19(15(20)10-23-14)13-6-4-3-5-7-13/h3-7,14,17H,8-10H2,1-2H3. The molecule has 1 N–H and O–H groups in total. The van der Waals surface area contributed by atoms with E-state index >= 15 is 0 Å². The van der Waals surface area contributed by atoms with E-state index < -0.39 is 16.1 Å². The van der Waals surface area contributed by atoms with Crippen molar-refractivity contribution in [3.05, 3.63) is 41.8 Å². The number of para-hydroxylation sites is 1. The van der Waals surface area contributed by atoms with Crippen molar-refractivity contribution in [1.29, 1.82) is 0 Å². The molecule has 0 radical (unpaired) electrons. The van der Waals surface area contributed by atoms with Gasteiger partial charge in [0.05, 0.1) is 12.6 Å². The monoisotopic (exact) mass is 365 g/mol. The lowest BCUT2D eigenvalue weighted by Gasteiger charge is -2.32. The van der Waals surface area contributed by atoms with Gasteiger partial charge in [-0.25, -0.2) is 13.1 Å². The van der Waals surface area contributed by atoms with Crippen LogP contribution in [-0.2, 0) is 19.6 Å². The molecule has 1 atom stereocenters. The minimum atomic E-state index is -3.76. The summed E-state index contributed by atoms with van der Waals surface area (Å²) in [6.07, 6.45) is -0.451. The lowest BCUT2D eigenvalue weighted by molar-refractivity contribution is -0.129. The van der Waals surface area contributed by atoms with E-state index in [1.54, 1.807) is 18.7 Å². The van der Waals surface area contributed by atoms with Crippen molar-refractivity contribution in [2.45, 2.75) is 24.8 Å². The molecule has 0 saturated carbocycles. The second kappa shape index (κ2) is 6.95. The topological polar surface area (TPSA) is 102 Å². The fourth-order valence-electron chi connectivity index (χ4n) is 2.74. The van der Waals surface area contributed by atoms with E-state index in [9.17, 15) is 13.2 Å². The molecule has 9 heteroatoms. The zero-order chi connectivity index (χ0) is 18.0. The lowest BCUT2D eigenvalue weighted by Crippen LogP contribution is -2.50. The molecule has 1 aromatic heterocycles. The molecule has 134 valence electrons. The molecule has 1 aromatic carbocycles. The van der Waals surface area contributed by atoms with Crippen molar-refractivity contribution in [2.24, 2.45) is 0 Å². The smallest absolute Gasteiger partial charge is 0.253 e. The highest BCUT2D eigenvalue weighted by atomic mass is 32.2. The predicted molar refractivity (Wildman–Crippen MR) is 89.7 cm³/mol. The van der Waals surface area contributed by atoms with Crippen molar-refractivity contribution in [2.75, 3.05) is 24.6 Å². The zero-order valence-corrected chi connectivity index (χ0v) is 14.7. The van der Waals surface area contributed by atoms with E-state index in [1.165, 1.54) is 0 Å². The fourth-order valence-corrected chi connectivity index (χ4v) is 4.13. The molecule has 1 amide bonds. The summed E-state index contributed by atoms with van der Waals surface area (Å²) in [7, 11) is -3.76. The summed E-state index contributed by atoms with van der Waals surface area (Å²) in [5.74, 6) is 0.0756. The molecule has 0 spiro atoms. The number of aromatic nitrogens is 1. The Hall–Kier alpha value is -2.23. The number of ether oxygens (including phenoxy) is 1. The van der Waals surface area contributed by atoms with Gasteiger partial charge in [-0.3, -0.25) is 4.79 Å². The Labute approximate surface area is 145 Å². The van der Waals surface area contributed by atoms with Crippen LogP contribution in [0.2, 0.25) is 0 Å². The van der Waals surface area contributed by atoms with Crippen LogP contribution < -0.4 is 9.62 Å². The maximum atomic E-state index is 12.4. The highest BCUT2D eigenvalue weighted by molar-refractivity contribution is 7.89. The van der Waals surface area contributed by atoms with Crippen LogP contribution in [-0.4, -0.2) is 45.3 Å². The molecule has 3 rings (SSSR count). The largest absolute Gasteiger partial charge is 0.365 e. The Morgan fingerprint density at radius 1 is 1.28 bits per heavy atom. The van der Waals surface area contributed by atoms with Gasteiger partial charge in [-0.15, -0.1) is 0 Å². The number of nitrogens with one attached hydrogen (secondary N) is 1. The maximum absolute atomic E-state index is 12.4. The summed E-state index contributed by atoms with van der Waals surface area (Å²) in [6, 6.07) is 9.20. The first-order valence-electron chi connectivity index (χ1n) is 7.78. The van der Waals surface area contributed by atoms with Crippen LogP contribution in [0.4, 0.5) is 5.69 Å². The van der Waals surface area contributed by atoms with Crippen molar-refractivity contribution >= 4 is 21.6 Å². The van der Waals surface area contributed by atoms with E-state index in [0.717, 1.165) is 5.69 Å². The van der Waals surface area contributed by atoms with Crippen LogP contribution in [0.15, 0.2) is 39.8 Å². The van der Waals surface area contributed by atoms with Gasteiger partial charge < -0.3 is 14.2 Å². The Morgan fingerprint density at radius 3 is 2.64 bits per heavy atom. The number of sulfonamides is 1. The third kappa shape index (κ3) is 3.73. The molecule has 1 aliphatic rings. The van der Waals surface area contributed by atoms with Gasteiger partial charge in [0.2, 0.25) is 10.0 Å². The van der Waals surface area contributed by atoms with Gasteiger partial charge in [0.15, 0.2) is 5.76 Å². The number of carbonyl (C=O) groups excluding carboxylic acids is 1. The Balaban J connectivity index is 1.68. The van der Waals surface area contributed by atoms with E-state index in [4.69, 9.17) is 9.26 Å². The fraction of sp³-hybridized carbons (Fsp3) is 0.375. The molecule has 0 aliphatic carbocycles. The Bertz CT molecular complexity index is 844. The molecule has 25 heavy (non-hydrogen) atoms. The highest BCUT2D eigenvalue weighted by Crippen LogP contribution is 2.20. The van der Waals surface area contributed by atoms with E-state index in [1.807, 2.05) is 30.3 Å². The molecule has 1 saturated heterocycles. The van der Waals surface area contributed by atoms with Crippen LogP contribution in [0.25, 0.3) is 0 Å². The third-order valence-corrected chi connectivity index (χ3v) is 5.60. The predicted octanol–water partition coefficient (Wildman–Crippen LogP) is 1.00. The minimum absolute atomic E-state index is 0.0410. The summed E-state index contributed by atoms with van der Waals surface area (Å²) < 4.78 is 37.8. The average molecular weight is 365 g/mol. The quantitative estimate of drug-likeness (QED) is 0.848. The number of amides is 1. The number of aryl methyl sites for hydroxylation is 2. The summed E-state index contributed by atoms with van der Waals surface area (Å²) in [6.45, 7) is 3.34. The lowest BCUT2D eigenvalue weighted by atomic mass is 10.2. The first kappa shape index (κ1) is 17.6. The first-order chi connectivity index (χ1) is 11.9. The SMILES string of the molecule is Cc1noc(C)c1S(=O)(=O)NCC1CN(c2ccccc2)C(=O)CO1. The molecular formula is C16H19N3O5S. The van der Waals surface area contributed by atoms with Gasteiger partial charge in [0, 0.05) is 12.2 Å². The molecule has 0 bridgehead atoms. The first-order valence-corrected chi connectivity index (χ1v) is 9.26. The number of hydrogen-bond donors (Lipinski definition) is 1. The number of anilines is 1. The number of carbonyl (C=O) groups is 1. The molecule has 1 unspecified atom stereocenters. The van der Waals surface area contributed by atoms with Crippen LogP contribution >= 0.6 is 0 Å². The van der Waals surface area contributed by atoms with Crippen LogP contribution in [0.5, 0.6) is 0 Å². The molecule has 1 aliphatic heterocycles. The van der Waals surface area contributed by atoms with E-state index in [0.29, 0.717) is 5.69 Å². The molecule has 2 heterocycles. The van der Waals surface area contributed by atoms with Gasteiger partial charge in [-0.2, -0.15) is 0 Å². The number of benzene rings is 1. The van der Waals surface area contributed by atoms with Gasteiger partial charge in [-0.1, -0.05) is 23.4 Å². The average Bonchev–Trinajstić information content (AvgIpc) is 2.94. The normalized spacial score (nSPS) is 18.6.